The second kappa shape index (κ2) is 4.43. The molecule has 1 aliphatic carbocycles. The van der Waals surface area contributed by atoms with Gasteiger partial charge in [0.25, 0.3) is 0 Å². The van der Waals surface area contributed by atoms with Gasteiger partial charge in [0.05, 0.1) is 0 Å². The molecule has 1 saturated heterocycles. The summed E-state index contributed by atoms with van der Waals surface area (Å²) in [6.45, 7) is 4.22. The van der Waals surface area contributed by atoms with Crippen molar-refractivity contribution >= 4 is 5.78 Å². The Balaban J connectivity index is 1.75. The average Bonchev–Trinajstić information content (AvgIpc) is 2.53. The third-order valence-corrected chi connectivity index (χ3v) is 3.99. The maximum Gasteiger partial charge on any atom is 0.136 e. The van der Waals surface area contributed by atoms with E-state index in [0.717, 1.165) is 25.4 Å². The molecule has 2 rings (SSSR count). The van der Waals surface area contributed by atoms with Crippen molar-refractivity contribution in [3.05, 3.63) is 0 Å². The molecule has 1 atom stereocenters. The number of carbonyl (C=O) groups excluding carboxylic acids is 1. The fraction of sp³-hybridized carbons (Fsp3) is 0.917. The second-order valence-corrected chi connectivity index (χ2v) is 5.03. The lowest BCUT2D eigenvalue weighted by Gasteiger charge is -2.32. The highest BCUT2D eigenvalue weighted by atomic mass is 16.1. The van der Waals surface area contributed by atoms with E-state index in [1.807, 2.05) is 0 Å². The molecular weight excluding hydrogens is 174 g/mol. The minimum atomic E-state index is 0.303. The highest BCUT2D eigenvalue weighted by molar-refractivity contribution is 5.81. The summed E-state index contributed by atoms with van der Waals surface area (Å²) in [6, 6.07) is 0. The van der Waals surface area contributed by atoms with Crippen LogP contribution in [0.2, 0.25) is 0 Å². The Kier molecular flexibility index (Phi) is 3.22. The van der Waals surface area contributed by atoms with Gasteiger partial charge >= 0.3 is 0 Å². The number of Topliss-reactive ketones (excluding diaryl/α,β-unsaturated/α-hetero) is 1. The average molecular weight is 195 g/mol. The molecular formula is C12H21NO. The van der Waals surface area contributed by atoms with E-state index >= 15 is 0 Å². The van der Waals surface area contributed by atoms with Crippen molar-refractivity contribution in [1.29, 1.82) is 0 Å². The summed E-state index contributed by atoms with van der Waals surface area (Å²) >= 11 is 0. The maximum atomic E-state index is 11.9. The van der Waals surface area contributed by atoms with E-state index in [4.69, 9.17) is 0 Å². The van der Waals surface area contributed by atoms with Gasteiger partial charge in [-0.1, -0.05) is 32.6 Å². The van der Waals surface area contributed by atoms with Crippen LogP contribution in [0.3, 0.4) is 0 Å². The zero-order chi connectivity index (χ0) is 9.97. The Hall–Kier alpha value is -0.370. The van der Waals surface area contributed by atoms with Crippen LogP contribution in [0.5, 0.6) is 0 Å². The molecule has 80 valence electrons. The Bertz CT molecular complexity index is 204. The lowest BCUT2D eigenvalue weighted by molar-refractivity contribution is -0.125. The van der Waals surface area contributed by atoms with Crippen LogP contribution in [0.1, 0.15) is 39.0 Å². The Morgan fingerprint density at radius 2 is 2.00 bits per heavy atom. The normalized spacial score (nSPS) is 26.1. The van der Waals surface area contributed by atoms with Crippen LogP contribution in [0, 0.1) is 17.8 Å². The number of rotatable bonds is 4. The molecule has 2 nitrogen and oxygen atoms in total. The maximum absolute atomic E-state index is 11.9. The Morgan fingerprint density at radius 1 is 1.36 bits per heavy atom. The number of ketones is 1. The number of carbonyl (C=O) groups is 1. The predicted octanol–water partition coefficient (Wildman–Crippen LogP) is 1.99. The van der Waals surface area contributed by atoms with Crippen LogP contribution in [-0.4, -0.2) is 18.9 Å². The Labute approximate surface area is 86.5 Å². The monoisotopic (exact) mass is 195 g/mol. The molecule has 0 aromatic heterocycles. The van der Waals surface area contributed by atoms with Gasteiger partial charge in [0, 0.05) is 12.3 Å². The number of hydrogen-bond donors (Lipinski definition) is 1. The van der Waals surface area contributed by atoms with Gasteiger partial charge in [-0.2, -0.15) is 0 Å². The van der Waals surface area contributed by atoms with E-state index in [0.29, 0.717) is 17.6 Å². The summed E-state index contributed by atoms with van der Waals surface area (Å²) in [7, 11) is 0. The molecule has 14 heavy (non-hydrogen) atoms. The molecule has 2 aliphatic rings. The fourth-order valence-electron chi connectivity index (χ4n) is 2.61. The molecule has 1 saturated carbocycles. The van der Waals surface area contributed by atoms with Crippen LogP contribution < -0.4 is 5.32 Å². The summed E-state index contributed by atoms with van der Waals surface area (Å²) in [4.78, 5) is 11.9. The molecule has 1 N–H and O–H groups in total. The lowest BCUT2D eigenvalue weighted by atomic mass is 9.82. The van der Waals surface area contributed by atoms with Gasteiger partial charge in [-0.05, 0) is 24.9 Å². The lowest BCUT2D eigenvalue weighted by Crippen LogP contribution is -2.47. The molecule has 1 heterocycles. The molecule has 1 unspecified atom stereocenters. The molecule has 0 aromatic rings. The van der Waals surface area contributed by atoms with Crippen LogP contribution >= 0.6 is 0 Å². The summed E-state index contributed by atoms with van der Waals surface area (Å²) in [5.41, 5.74) is 0. The molecule has 0 aromatic carbocycles. The first-order valence-corrected chi connectivity index (χ1v) is 6.01. The molecule has 1 aliphatic heterocycles. The molecule has 2 heteroatoms. The first-order valence-electron chi connectivity index (χ1n) is 6.01. The van der Waals surface area contributed by atoms with Crippen LogP contribution in [0.25, 0.3) is 0 Å². The molecule has 0 bridgehead atoms. The van der Waals surface area contributed by atoms with Gasteiger partial charge in [-0.25, -0.2) is 0 Å². The summed E-state index contributed by atoms with van der Waals surface area (Å²) in [5, 5.41) is 3.24. The minimum absolute atomic E-state index is 0.303. The van der Waals surface area contributed by atoms with Crippen molar-refractivity contribution in [2.24, 2.45) is 17.8 Å². The number of hydrogen-bond acceptors (Lipinski definition) is 2. The zero-order valence-electron chi connectivity index (χ0n) is 9.09. The van der Waals surface area contributed by atoms with Crippen LogP contribution in [0.4, 0.5) is 0 Å². The first kappa shape index (κ1) is 10.2. The van der Waals surface area contributed by atoms with E-state index < -0.39 is 0 Å². The van der Waals surface area contributed by atoms with Crippen molar-refractivity contribution in [2.75, 3.05) is 13.1 Å². The summed E-state index contributed by atoms with van der Waals surface area (Å²) in [6.07, 6.45) is 6.13. The van der Waals surface area contributed by atoms with Crippen molar-refractivity contribution < 1.29 is 4.79 Å². The quantitative estimate of drug-likeness (QED) is 0.743. The van der Waals surface area contributed by atoms with Gasteiger partial charge in [0.2, 0.25) is 0 Å². The van der Waals surface area contributed by atoms with Gasteiger partial charge in [0.15, 0.2) is 0 Å². The van der Waals surface area contributed by atoms with Gasteiger partial charge < -0.3 is 5.32 Å². The predicted molar refractivity (Wildman–Crippen MR) is 57.1 cm³/mol. The number of nitrogens with one attached hydrogen (secondary N) is 1. The summed E-state index contributed by atoms with van der Waals surface area (Å²) < 4.78 is 0. The van der Waals surface area contributed by atoms with Crippen molar-refractivity contribution in [2.45, 2.75) is 39.0 Å². The van der Waals surface area contributed by atoms with E-state index in [-0.39, 0.29) is 0 Å². The van der Waals surface area contributed by atoms with Crippen molar-refractivity contribution in [3.63, 3.8) is 0 Å². The van der Waals surface area contributed by atoms with E-state index in [9.17, 15) is 4.79 Å². The van der Waals surface area contributed by atoms with Gasteiger partial charge in [-0.3, -0.25) is 4.79 Å². The van der Waals surface area contributed by atoms with Gasteiger partial charge in [-0.15, -0.1) is 0 Å². The Morgan fingerprint density at radius 3 is 2.50 bits per heavy atom. The largest absolute Gasteiger partial charge is 0.316 e. The summed E-state index contributed by atoms with van der Waals surface area (Å²) in [5.74, 6) is 2.17. The molecule has 0 radical (unpaired) electrons. The van der Waals surface area contributed by atoms with E-state index in [2.05, 4.69) is 12.2 Å². The smallest absolute Gasteiger partial charge is 0.136 e. The standard InChI is InChI=1S/C12H21NO/c1-9(11-7-13-8-11)12(14)6-10-4-2-3-5-10/h9-11,13H,2-8H2,1H3. The van der Waals surface area contributed by atoms with Gasteiger partial charge in [0.1, 0.15) is 5.78 Å². The highest BCUT2D eigenvalue weighted by Gasteiger charge is 2.30. The molecule has 0 spiro atoms. The first-order chi connectivity index (χ1) is 6.77. The fourth-order valence-corrected chi connectivity index (χ4v) is 2.61. The molecule has 2 fully saturated rings. The zero-order valence-corrected chi connectivity index (χ0v) is 9.09. The topological polar surface area (TPSA) is 29.1 Å². The second-order valence-electron chi connectivity index (χ2n) is 5.03. The molecule has 0 amide bonds. The third kappa shape index (κ3) is 2.17. The van der Waals surface area contributed by atoms with E-state index in [1.54, 1.807) is 0 Å². The van der Waals surface area contributed by atoms with Crippen molar-refractivity contribution in [3.8, 4) is 0 Å². The SMILES string of the molecule is CC(C(=O)CC1CCCC1)C1CNC1. The van der Waals surface area contributed by atoms with Crippen molar-refractivity contribution in [1.82, 2.24) is 5.32 Å². The van der Waals surface area contributed by atoms with Crippen LogP contribution in [-0.2, 0) is 4.79 Å². The third-order valence-electron chi connectivity index (χ3n) is 3.99. The van der Waals surface area contributed by atoms with Crippen LogP contribution in [0.15, 0.2) is 0 Å². The van der Waals surface area contributed by atoms with E-state index in [1.165, 1.54) is 25.7 Å². The highest BCUT2D eigenvalue weighted by Crippen LogP contribution is 2.30. The minimum Gasteiger partial charge on any atom is -0.316 e.